The van der Waals surface area contributed by atoms with E-state index in [4.69, 9.17) is 0 Å². The fourth-order valence-electron chi connectivity index (χ4n) is 2.13. The van der Waals surface area contributed by atoms with Crippen LogP contribution in [0.25, 0.3) is 10.2 Å². The Balaban J connectivity index is 1.83. The largest absolute Gasteiger partial charge is 0.358 e. The SMILES string of the molecule is CCC1CC1Nc1nc2cc(C)ccc2s1. The monoisotopic (exact) mass is 232 g/mol. The Morgan fingerprint density at radius 1 is 1.50 bits per heavy atom. The van der Waals surface area contributed by atoms with Gasteiger partial charge >= 0.3 is 0 Å². The highest BCUT2D eigenvalue weighted by Crippen LogP contribution is 2.37. The van der Waals surface area contributed by atoms with E-state index >= 15 is 0 Å². The molecule has 0 aliphatic heterocycles. The summed E-state index contributed by atoms with van der Waals surface area (Å²) in [4.78, 5) is 4.63. The van der Waals surface area contributed by atoms with E-state index in [1.165, 1.54) is 23.1 Å². The molecule has 1 aliphatic rings. The zero-order valence-electron chi connectivity index (χ0n) is 9.66. The third-order valence-electron chi connectivity index (χ3n) is 3.30. The lowest BCUT2D eigenvalue weighted by Gasteiger charge is -1.98. The number of rotatable bonds is 3. The number of hydrogen-bond acceptors (Lipinski definition) is 3. The van der Waals surface area contributed by atoms with E-state index in [9.17, 15) is 0 Å². The van der Waals surface area contributed by atoms with Crippen LogP contribution in [0.4, 0.5) is 5.13 Å². The summed E-state index contributed by atoms with van der Waals surface area (Å²) in [5, 5.41) is 4.62. The van der Waals surface area contributed by atoms with Gasteiger partial charge in [-0.1, -0.05) is 30.7 Å². The third-order valence-corrected chi connectivity index (χ3v) is 4.27. The molecule has 16 heavy (non-hydrogen) atoms. The molecule has 1 N–H and O–H groups in total. The van der Waals surface area contributed by atoms with Crippen molar-refractivity contribution in [2.75, 3.05) is 5.32 Å². The summed E-state index contributed by atoms with van der Waals surface area (Å²) in [6, 6.07) is 7.14. The maximum absolute atomic E-state index is 4.63. The Hall–Kier alpha value is -1.09. The van der Waals surface area contributed by atoms with Crippen molar-refractivity contribution in [1.29, 1.82) is 0 Å². The molecule has 0 radical (unpaired) electrons. The van der Waals surface area contributed by atoms with Gasteiger partial charge in [0, 0.05) is 6.04 Å². The fourth-order valence-corrected chi connectivity index (χ4v) is 3.04. The molecule has 2 nitrogen and oxygen atoms in total. The summed E-state index contributed by atoms with van der Waals surface area (Å²) >= 11 is 1.76. The molecule has 1 fully saturated rings. The number of hydrogen-bond donors (Lipinski definition) is 1. The van der Waals surface area contributed by atoms with Crippen LogP contribution in [0.15, 0.2) is 18.2 Å². The zero-order chi connectivity index (χ0) is 11.1. The lowest BCUT2D eigenvalue weighted by Crippen LogP contribution is -2.03. The van der Waals surface area contributed by atoms with Crippen molar-refractivity contribution < 1.29 is 0 Å². The Bertz CT molecular complexity index is 518. The third kappa shape index (κ3) is 1.80. The van der Waals surface area contributed by atoms with Crippen molar-refractivity contribution in [3.8, 4) is 0 Å². The van der Waals surface area contributed by atoms with Crippen LogP contribution in [0.2, 0.25) is 0 Å². The molecule has 1 aromatic carbocycles. The first kappa shape index (κ1) is 10.1. The van der Waals surface area contributed by atoms with Crippen LogP contribution in [0.5, 0.6) is 0 Å². The number of anilines is 1. The van der Waals surface area contributed by atoms with Crippen molar-refractivity contribution in [3.63, 3.8) is 0 Å². The number of fused-ring (bicyclic) bond motifs is 1. The van der Waals surface area contributed by atoms with E-state index in [1.807, 2.05) is 0 Å². The summed E-state index contributed by atoms with van der Waals surface area (Å²) in [6.45, 7) is 4.37. The number of nitrogens with one attached hydrogen (secondary N) is 1. The first-order chi connectivity index (χ1) is 7.76. The van der Waals surface area contributed by atoms with Gasteiger partial charge in [0.2, 0.25) is 0 Å². The highest BCUT2D eigenvalue weighted by Gasteiger charge is 2.35. The van der Waals surface area contributed by atoms with Crippen molar-refractivity contribution >= 4 is 26.7 Å². The summed E-state index contributed by atoms with van der Waals surface area (Å²) in [5.74, 6) is 0.869. The number of nitrogens with zero attached hydrogens (tertiary/aromatic N) is 1. The predicted octanol–water partition coefficient (Wildman–Crippen LogP) is 3.82. The molecule has 2 unspecified atom stereocenters. The minimum absolute atomic E-state index is 0.673. The smallest absolute Gasteiger partial charge is 0.184 e. The Labute approximate surface area is 99.7 Å². The molecule has 3 heteroatoms. The summed E-state index contributed by atoms with van der Waals surface area (Å²) in [5.41, 5.74) is 2.41. The molecule has 2 atom stereocenters. The van der Waals surface area contributed by atoms with Gasteiger partial charge in [-0.15, -0.1) is 0 Å². The minimum atomic E-state index is 0.673. The molecule has 1 aliphatic carbocycles. The zero-order valence-corrected chi connectivity index (χ0v) is 10.5. The Morgan fingerprint density at radius 2 is 2.38 bits per heavy atom. The topological polar surface area (TPSA) is 24.9 Å². The maximum atomic E-state index is 4.63. The number of aryl methyl sites for hydroxylation is 1. The van der Waals surface area contributed by atoms with Crippen LogP contribution < -0.4 is 5.32 Å². The molecule has 2 aromatic rings. The lowest BCUT2D eigenvalue weighted by atomic mass is 10.2. The van der Waals surface area contributed by atoms with Crippen LogP contribution in [0, 0.1) is 12.8 Å². The highest BCUT2D eigenvalue weighted by atomic mass is 32.1. The highest BCUT2D eigenvalue weighted by molar-refractivity contribution is 7.22. The van der Waals surface area contributed by atoms with Gasteiger partial charge in [0.05, 0.1) is 10.2 Å². The second-order valence-electron chi connectivity index (χ2n) is 4.65. The van der Waals surface area contributed by atoms with Crippen molar-refractivity contribution in [2.24, 2.45) is 5.92 Å². The number of benzene rings is 1. The van der Waals surface area contributed by atoms with Gasteiger partial charge in [-0.3, -0.25) is 0 Å². The quantitative estimate of drug-likeness (QED) is 0.870. The number of aromatic nitrogens is 1. The predicted molar refractivity (Wildman–Crippen MR) is 70.2 cm³/mol. The molecule has 0 bridgehead atoms. The van der Waals surface area contributed by atoms with Gasteiger partial charge in [-0.25, -0.2) is 4.98 Å². The van der Waals surface area contributed by atoms with E-state index in [0.717, 1.165) is 16.6 Å². The second kappa shape index (κ2) is 3.74. The molecule has 0 spiro atoms. The van der Waals surface area contributed by atoms with Crippen LogP contribution >= 0.6 is 11.3 Å². The summed E-state index contributed by atoms with van der Waals surface area (Å²) in [7, 11) is 0. The molecule has 1 heterocycles. The number of thiazole rings is 1. The van der Waals surface area contributed by atoms with Gasteiger partial charge in [-0.05, 0) is 37.0 Å². The lowest BCUT2D eigenvalue weighted by molar-refractivity contribution is 0.774. The van der Waals surface area contributed by atoms with E-state index in [2.05, 4.69) is 42.3 Å². The first-order valence-electron chi connectivity index (χ1n) is 5.90. The second-order valence-corrected chi connectivity index (χ2v) is 5.68. The van der Waals surface area contributed by atoms with Crippen molar-refractivity contribution in [3.05, 3.63) is 23.8 Å². The molecular weight excluding hydrogens is 216 g/mol. The molecular formula is C13H16N2S. The van der Waals surface area contributed by atoms with Crippen LogP contribution in [-0.2, 0) is 0 Å². The van der Waals surface area contributed by atoms with E-state index in [-0.39, 0.29) is 0 Å². The van der Waals surface area contributed by atoms with Gasteiger partial charge < -0.3 is 5.32 Å². The average Bonchev–Trinajstić information content (AvgIpc) is 2.88. The fraction of sp³-hybridized carbons (Fsp3) is 0.462. The summed E-state index contributed by atoms with van der Waals surface area (Å²) in [6.07, 6.45) is 2.59. The average molecular weight is 232 g/mol. The summed E-state index contributed by atoms with van der Waals surface area (Å²) < 4.78 is 1.28. The van der Waals surface area contributed by atoms with E-state index in [1.54, 1.807) is 11.3 Å². The molecule has 3 rings (SSSR count). The minimum Gasteiger partial charge on any atom is -0.358 e. The standard InChI is InChI=1S/C13H16N2S/c1-3-9-7-10(9)14-13-15-11-6-8(2)4-5-12(11)16-13/h4-6,9-10H,3,7H2,1-2H3,(H,14,15). The normalized spacial score (nSPS) is 23.6. The Morgan fingerprint density at radius 3 is 3.12 bits per heavy atom. The van der Waals surface area contributed by atoms with E-state index in [0.29, 0.717) is 6.04 Å². The molecule has 0 saturated heterocycles. The van der Waals surface area contributed by atoms with E-state index < -0.39 is 0 Å². The van der Waals surface area contributed by atoms with Gasteiger partial charge in [-0.2, -0.15) is 0 Å². The van der Waals surface area contributed by atoms with Crippen molar-refractivity contribution in [2.45, 2.75) is 32.7 Å². The molecule has 84 valence electrons. The van der Waals surface area contributed by atoms with Crippen LogP contribution in [0.1, 0.15) is 25.3 Å². The van der Waals surface area contributed by atoms with Crippen LogP contribution in [0.3, 0.4) is 0 Å². The molecule has 1 aromatic heterocycles. The van der Waals surface area contributed by atoms with Crippen LogP contribution in [-0.4, -0.2) is 11.0 Å². The van der Waals surface area contributed by atoms with Gasteiger partial charge in [0.25, 0.3) is 0 Å². The maximum Gasteiger partial charge on any atom is 0.184 e. The Kier molecular flexibility index (Phi) is 2.36. The molecule has 0 amide bonds. The molecule has 1 saturated carbocycles. The van der Waals surface area contributed by atoms with Gasteiger partial charge in [0.1, 0.15) is 0 Å². The van der Waals surface area contributed by atoms with Crippen molar-refractivity contribution in [1.82, 2.24) is 4.98 Å². The first-order valence-corrected chi connectivity index (χ1v) is 6.71. The van der Waals surface area contributed by atoms with Gasteiger partial charge in [0.15, 0.2) is 5.13 Å².